The lowest BCUT2D eigenvalue weighted by Gasteiger charge is -2.01. The molecule has 0 fully saturated rings. The molecule has 0 aromatic carbocycles. The van der Waals surface area contributed by atoms with Gasteiger partial charge in [0.25, 0.3) is 0 Å². The predicted molar refractivity (Wildman–Crippen MR) is 60.8 cm³/mol. The van der Waals surface area contributed by atoms with E-state index < -0.39 is 5.97 Å². The Balaban J connectivity index is 2.88. The van der Waals surface area contributed by atoms with E-state index in [4.69, 9.17) is 4.74 Å². The summed E-state index contributed by atoms with van der Waals surface area (Å²) < 4.78 is 4.87. The van der Waals surface area contributed by atoms with E-state index >= 15 is 0 Å². The van der Waals surface area contributed by atoms with Crippen LogP contribution in [-0.4, -0.2) is 37.4 Å². The molecule has 0 atom stereocenters. The van der Waals surface area contributed by atoms with Crippen LogP contribution in [0.4, 0.5) is 5.13 Å². The molecular weight excluding hydrogens is 214 g/mol. The first-order chi connectivity index (χ1) is 7.22. The van der Waals surface area contributed by atoms with Gasteiger partial charge in [-0.2, -0.15) is 0 Å². The molecule has 0 amide bonds. The number of aliphatic imine (C=N–C) groups is 1. The van der Waals surface area contributed by atoms with Gasteiger partial charge in [-0.05, 0) is 6.92 Å². The minimum absolute atomic E-state index is 0.259. The smallest absolute Gasteiger partial charge is 0.358 e. The molecular formula is C9H13N3O2S. The number of rotatable bonds is 4. The molecule has 0 spiro atoms. The number of carbonyl (C=O) groups is 1. The van der Waals surface area contributed by atoms with Gasteiger partial charge < -0.3 is 10.1 Å². The molecule has 1 aromatic heterocycles. The van der Waals surface area contributed by atoms with E-state index in [0.29, 0.717) is 12.3 Å². The molecule has 0 radical (unpaired) electrons. The lowest BCUT2D eigenvalue weighted by Crippen LogP contribution is -2.19. The van der Waals surface area contributed by atoms with Crippen molar-refractivity contribution in [3.63, 3.8) is 0 Å². The van der Waals surface area contributed by atoms with Gasteiger partial charge in [0, 0.05) is 19.5 Å². The van der Waals surface area contributed by atoms with Gasteiger partial charge in [-0.1, -0.05) is 0 Å². The molecule has 0 bridgehead atoms. The number of nitrogens with zero attached hydrogens (tertiary/aromatic N) is 2. The Morgan fingerprint density at radius 1 is 1.73 bits per heavy atom. The van der Waals surface area contributed by atoms with E-state index in [1.807, 2.05) is 0 Å². The summed E-state index contributed by atoms with van der Waals surface area (Å²) in [7, 11) is 3.32. The minimum Gasteiger partial charge on any atom is -0.461 e. The van der Waals surface area contributed by atoms with Crippen molar-refractivity contribution < 1.29 is 9.53 Å². The molecule has 0 aliphatic carbocycles. The average Bonchev–Trinajstić information content (AvgIpc) is 2.68. The summed E-state index contributed by atoms with van der Waals surface area (Å²) in [6.07, 6.45) is 0. The fourth-order valence-corrected chi connectivity index (χ4v) is 1.66. The second kappa shape index (κ2) is 5.45. The van der Waals surface area contributed by atoms with E-state index in [2.05, 4.69) is 15.3 Å². The molecule has 1 heterocycles. The predicted octanol–water partition coefficient (Wildman–Crippen LogP) is 1.17. The number of thiazole rings is 1. The van der Waals surface area contributed by atoms with Gasteiger partial charge in [-0.25, -0.2) is 9.78 Å². The second-order valence-corrected chi connectivity index (χ2v) is 3.44. The van der Waals surface area contributed by atoms with Gasteiger partial charge >= 0.3 is 5.97 Å². The highest BCUT2D eigenvalue weighted by atomic mass is 32.1. The number of hydrogen-bond acceptors (Lipinski definition) is 6. The summed E-state index contributed by atoms with van der Waals surface area (Å²) in [6, 6.07) is 0. The Bertz CT molecular complexity index is 373. The molecule has 5 nitrogen and oxygen atoms in total. The summed E-state index contributed by atoms with van der Waals surface area (Å²) >= 11 is 1.42. The molecule has 0 unspecified atom stereocenters. The van der Waals surface area contributed by atoms with E-state index in [9.17, 15) is 4.79 Å². The van der Waals surface area contributed by atoms with Crippen LogP contribution in [0.15, 0.2) is 10.4 Å². The van der Waals surface area contributed by atoms with Crippen molar-refractivity contribution >= 4 is 28.1 Å². The molecule has 0 saturated carbocycles. The van der Waals surface area contributed by atoms with Crippen molar-refractivity contribution in [3.8, 4) is 0 Å². The fourth-order valence-electron chi connectivity index (χ4n) is 1.01. The van der Waals surface area contributed by atoms with Crippen molar-refractivity contribution in [2.24, 2.45) is 4.99 Å². The zero-order valence-corrected chi connectivity index (χ0v) is 9.72. The largest absolute Gasteiger partial charge is 0.461 e. The molecule has 15 heavy (non-hydrogen) atoms. The second-order valence-electron chi connectivity index (χ2n) is 2.58. The third-order valence-corrected chi connectivity index (χ3v) is 2.51. The van der Waals surface area contributed by atoms with Crippen LogP contribution in [0.1, 0.15) is 12.6 Å². The van der Waals surface area contributed by atoms with Crippen LogP contribution in [0.3, 0.4) is 0 Å². The first-order valence-corrected chi connectivity index (χ1v) is 5.38. The quantitative estimate of drug-likeness (QED) is 0.619. The van der Waals surface area contributed by atoms with Crippen LogP contribution in [0.25, 0.3) is 0 Å². The number of carbonyl (C=O) groups excluding carboxylic acids is 1. The Kier molecular flexibility index (Phi) is 4.23. The molecule has 1 N–H and O–H groups in total. The first-order valence-electron chi connectivity index (χ1n) is 4.50. The highest BCUT2D eigenvalue weighted by Gasteiger charge is 2.17. The summed E-state index contributed by atoms with van der Waals surface area (Å²) in [4.78, 5) is 19.5. The summed E-state index contributed by atoms with van der Waals surface area (Å²) in [6.45, 7) is 2.09. The third kappa shape index (κ3) is 2.76. The molecule has 82 valence electrons. The molecule has 0 aliphatic rings. The van der Waals surface area contributed by atoms with Crippen LogP contribution in [0.2, 0.25) is 0 Å². The Labute approximate surface area is 92.2 Å². The highest BCUT2D eigenvalue weighted by Crippen LogP contribution is 2.15. The van der Waals surface area contributed by atoms with E-state index in [1.54, 1.807) is 26.4 Å². The minimum atomic E-state index is -0.437. The Morgan fingerprint density at radius 2 is 2.47 bits per heavy atom. The van der Waals surface area contributed by atoms with Crippen molar-refractivity contribution in [2.75, 3.05) is 26.0 Å². The Hall–Kier alpha value is -1.43. The molecule has 1 aromatic rings. The van der Waals surface area contributed by atoms with Gasteiger partial charge in [0.05, 0.1) is 6.61 Å². The van der Waals surface area contributed by atoms with Gasteiger partial charge in [-0.15, -0.1) is 11.3 Å². The Morgan fingerprint density at radius 3 is 2.93 bits per heavy atom. The normalized spacial score (nSPS) is 11.3. The van der Waals surface area contributed by atoms with E-state index in [1.165, 1.54) is 11.3 Å². The first kappa shape index (κ1) is 11.6. The molecule has 1 rings (SSSR count). The topological polar surface area (TPSA) is 63.6 Å². The van der Waals surface area contributed by atoms with Crippen molar-refractivity contribution in [1.82, 2.24) is 4.98 Å². The molecule has 0 aliphatic heterocycles. The highest BCUT2D eigenvalue weighted by molar-refractivity contribution is 7.14. The third-order valence-electron chi connectivity index (χ3n) is 1.65. The van der Waals surface area contributed by atoms with Crippen LogP contribution in [-0.2, 0) is 9.53 Å². The molecule has 0 saturated heterocycles. The summed E-state index contributed by atoms with van der Waals surface area (Å²) in [5.74, 6) is -0.437. The summed E-state index contributed by atoms with van der Waals surface area (Å²) in [5.41, 5.74) is 0.805. The number of hydrogen-bond donors (Lipinski definition) is 1. The zero-order valence-electron chi connectivity index (χ0n) is 8.90. The number of aromatic nitrogens is 1. The lowest BCUT2D eigenvalue weighted by atomic mass is 10.3. The van der Waals surface area contributed by atoms with Crippen LogP contribution in [0.5, 0.6) is 0 Å². The van der Waals surface area contributed by atoms with Gasteiger partial charge in [0.15, 0.2) is 10.8 Å². The standard InChI is InChI=1S/C9H13N3O2S/c1-4-14-8(13)7(10-2)6-5-15-9(11-3)12-6/h5H,4H2,1-3H3,(H,11,12). The lowest BCUT2D eigenvalue weighted by molar-refractivity contribution is -0.134. The monoisotopic (exact) mass is 227 g/mol. The van der Waals surface area contributed by atoms with Crippen LogP contribution < -0.4 is 5.32 Å². The van der Waals surface area contributed by atoms with Crippen LogP contribution in [0, 0.1) is 0 Å². The molecule has 6 heteroatoms. The maximum Gasteiger partial charge on any atom is 0.358 e. The van der Waals surface area contributed by atoms with Crippen molar-refractivity contribution in [3.05, 3.63) is 11.1 Å². The number of nitrogens with one attached hydrogen (secondary N) is 1. The van der Waals surface area contributed by atoms with E-state index in [0.717, 1.165) is 5.13 Å². The van der Waals surface area contributed by atoms with Crippen molar-refractivity contribution in [1.29, 1.82) is 0 Å². The van der Waals surface area contributed by atoms with E-state index in [-0.39, 0.29) is 5.71 Å². The maximum atomic E-state index is 11.5. The average molecular weight is 227 g/mol. The van der Waals surface area contributed by atoms with Gasteiger partial charge in [0.1, 0.15) is 5.69 Å². The van der Waals surface area contributed by atoms with Gasteiger partial charge in [-0.3, -0.25) is 4.99 Å². The zero-order chi connectivity index (χ0) is 11.3. The number of anilines is 1. The summed E-state index contributed by atoms with van der Waals surface area (Å²) in [5, 5.41) is 5.41. The SMILES string of the molecule is CCOC(=O)C(=NC)c1csc(NC)n1. The van der Waals surface area contributed by atoms with Crippen LogP contribution >= 0.6 is 11.3 Å². The maximum absolute atomic E-state index is 11.5. The fraction of sp³-hybridized carbons (Fsp3) is 0.444. The number of esters is 1. The van der Waals surface area contributed by atoms with Crippen molar-refractivity contribution in [2.45, 2.75) is 6.92 Å². The number of ether oxygens (including phenoxy) is 1. The van der Waals surface area contributed by atoms with Gasteiger partial charge in [0.2, 0.25) is 0 Å².